The summed E-state index contributed by atoms with van der Waals surface area (Å²) in [7, 11) is 0. The molecule has 110 valence electrons. The Kier molecular flexibility index (Phi) is 4.34. The number of carbonyl (C=O) groups excluding carboxylic acids is 1. The number of ether oxygens (including phenoxy) is 2. The summed E-state index contributed by atoms with van der Waals surface area (Å²) in [6.45, 7) is 2.07. The van der Waals surface area contributed by atoms with E-state index in [1.807, 2.05) is 24.3 Å². The molecule has 1 N–H and O–H groups in total. The van der Waals surface area contributed by atoms with E-state index in [0.29, 0.717) is 42.6 Å². The third kappa shape index (κ3) is 3.32. The first kappa shape index (κ1) is 14.3. The van der Waals surface area contributed by atoms with Gasteiger partial charge in [-0.25, -0.2) is 4.98 Å². The second-order valence-corrected chi connectivity index (χ2v) is 5.17. The second-order valence-electron chi connectivity index (χ2n) is 4.79. The van der Waals surface area contributed by atoms with Crippen molar-refractivity contribution in [1.82, 2.24) is 10.3 Å². The highest BCUT2D eigenvalue weighted by molar-refractivity contribution is 6.30. The number of aromatic nitrogens is 1. The van der Waals surface area contributed by atoms with Gasteiger partial charge in [0.05, 0.1) is 37.0 Å². The van der Waals surface area contributed by atoms with Crippen molar-refractivity contribution in [2.45, 2.75) is 6.10 Å². The van der Waals surface area contributed by atoms with Crippen molar-refractivity contribution in [3.63, 3.8) is 0 Å². The van der Waals surface area contributed by atoms with Crippen LogP contribution < -0.4 is 5.32 Å². The molecule has 1 aliphatic rings. The number of nitrogens with zero attached hydrogens (tertiary/aromatic N) is 1. The first-order valence-corrected chi connectivity index (χ1v) is 7.14. The van der Waals surface area contributed by atoms with Crippen molar-refractivity contribution in [1.29, 1.82) is 0 Å². The van der Waals surface area contributed by atoms with E-state index in [1.165, 1.54) is 0 Å². The van der Waals surface area contributed by atoms with Crippen molar-refractivity contribution < 1.29 is 14.3 Å². The lowest BCUT2D eigenvalue weighted by Gasteiger charge is -2.23. The van der Waals surface area contributed by atoms with Crippen LogP contribution in [0.2, 0.25) is 5.15 Å². The Balaban J connectivity index is 1.77. The summed E-state index contributed by atoms with van der Waals surface area (Å²) < 4.78 is 10.8. The van der Waals surface area contributed by atoms with Gasteiger partial charge in [-0.1, -0.05) is 29.8 Å². The predicted octanol–water partition coefficient (Wildman–Crippen LogP) is 2.03. The number of para-hydroxylation sites is 1. The van der Waals surface area contributed by atoms with Gasteiger partial charge in [0, 0.05) is 11.9 Å². The maximum Gasteiger partial charge on any atom is 0.252 e. The van der Waals surface area contributed by atoms with E-state index in [0.717, 1.165) is 5.39 Å². The quantitative estimate of drug-likeness (QED) is 0.882. The number of halogens is 1. The minimum atomic E-state index is -0.190. The van der Waals surface area contributed by atoms with Gasteiger partial charge < -0.3 is 14.8 Å². The molecule has 1 unspecified atom stereocenters. The molecule has 1 aliphatic heterocycles. The monoisotopic (exact) mass is 306 g/mol. The molecule has 1 aromatic carbocycles. The summed E-state index contributed by atoms with van der Waals surface area (Å²) >= 11 is 5.98. The van der Waals surface area contributed by atoms with Crippen LogP contribution in [0.5, 0.6) is 0 Å². The summed E-state index contributed by atoms with van der Waals surface area (Å²) in [5.41, 5.74) is 1.22. The lowest BCUT2D eigenvalue weighted by molar-refractivity contribution is -0.0855. The SMILES string of the molecule is O=C(NCC1COCCO1)c1cc(Cl)nc2ccccc12. The van der Waals surface area contributed by atoms with Crippen LogP contribution in [-0.4, -0.2) is 43.4 Å². The zero-order valence-corrected chi connectivity index (χ0v) is 12.1. The predicted molar refractivity (Wildman–Crippen MR) is 79.6 cm³/mol. The van der Waals surface area contributed by atoms with Crippen molar-refractivity contribution in [3.8, 4) is 0 Å². The molecule has 2 heterocycles. The van der Waals surface area contributed by atoms with Crippen molar-refractivity contribution in [2.75, 3.05) is 26.4 Å². The van der Waals surface area contributed by atoms with Crippen LogP contribution in [0.3, 0.4) is 0 Å². The number of hydrogen-bond acceptors (Lipinski definition) is 4. The maximum atomic E-state index is 12.4. The average Bonchev–Trinajstić information content (AvgIpc) is 2.52. The molecule has 1 aromatic heterocycles. The molecule has 6 heteroatoms. The van der Waals surface area contributed by atoms with Crippen molar-refractivity contribution in [2.24, 2.45) is 0 Å². The molecule has 2 aromatic rings. The van der Waals surface area contributed by atoms with E-state index in [4.69, 9.17) is 21.1 Å². The Hall–Kier alpha value is -1.69. The fraction of sp³-hybridized carbons (Fsp3) is 0.333. The summed E-state index contributed by atoms with van der Waals surface area (Å²) in [5, 5.41) is 3.94. The third-order valence-electron chi connectivity index (χ3n) is 3.30. The highest BCUT2D eigenvalue weighted by atomic mass is 35.5. The van der Waals surface area contributed by atoms with Gasteiger partial charge in [0.25, 0.3) is 5.91 Å². The topological polar surface area (TPSA) is 60.5 Å². The molecule has 0 bridgehead atoms. The van der Waals surface area contributed by atoms with E-state index >= 15 is 0 Å². The number of pyridine rings is 1. The molecule has 1 atom stereocenters. The van der Waals surface area contributed by atoms with E-state index < -0.39 is 0 Å². The molecule has 0 aliphatic carbocycles. The van der Waals surface area contributed by atoms with Crippen molar-refractivity contribution >= 4 is 28.4 Å². The van der Waals surface area contributed by atoms with Crippen LogP contribution in [0, 0.1) is 0 Å². The number of fused-ring (bicyclic) bond motifs is 1. The summed E-state index contributed by atoms with van der Waals surface area (Å²) in [4.78, 5) is 16.6. The van der Waals surface area contributed by atoms with Crippen LogP contribution in [0.4, 0.5) is 0 Å². The van der Waals surface area contributed by atoms with Crippen LogP contribution in [0.25, 0.3) is 10.9 Å². The van der Waals surface area contributed by atoms with Crippen LogP contribution in [-0.2, 0) is 9.47 Å². The molecule has 1 amide bonds. The standard InChI is InChI=1S/C15H15ClN2O3/c16-14-7-12(11-3-1-2-4-13(11)18-14)15(19)17-8-10-9-20-5-6-21-10/h1-4,7,10H,5-6,8-9H2,(H,17,19). The highest BCUT2D eigenvalue weighted by Crippen LogP contribution is 2.20. The van der Waals surface area contributed by atoms with Crippen LogP contribution >= 0.6 is 11.6 Å². The van der Waals surface area contributed by atoms with Crippen LogP contribution in [0.15, 0.2) is 30.3 Å². The Morgan fingerprint density at radius 1 is 1.38 bits per heavy atom. The summed E-state index contributed by atoms with van der Waals surface area (Å²) in [6.07, 6.45) is -0.105. The second kappa shape index (κ2) is 6.39. The fourth-order valence-corrected chi connectivity index (χ4v) is 2.49. The molecule has 21 heavy (non-hydrogen) atoms. The third-order valence-corrected chi connectivity index (χ3v) is 3.50. The lowest BCUT2D eigenvalue weighted by atomic mass is 10.1. The minimum absolute atomic E-state index is 0.105. The van der Waals surface area contributed by atoms with Gasteiger partial charge in [-0.05, 0) is 12.1 Å². The number of benzene rings is 1. The zero-order valence-electron chi connectivity index (χ0n) is 11.3. The van der Waals surface area contributed by atoms with Crippen molar-refractivity contribution in [3.05, 3.63) is 41.0 Å². The number of amides is 1. The number of carbonyl (C=O) groups is 1. The number of hydrogen-bond donors (Lipinski definition) is 1. The minimum Gasteiger partial charge on any atom is -0.376 e. The Bertz CT molecular complexity index is 656. The number of rotatable bonds is 3. The van der Waals surface area contributed by atoms with Gasteiger partial charge in [-0.15, -0.1) is 0 Å². The molecule has 1 fully saturated rings. The molecule has 0 spiro atoms. The molecule has 3 rings (SSSR count). The molecule has 1 saturated heterocycles. The van der Waals surface area contributed by atoms with Crippen LogP contribution in [0.1, 0.15) is 10.4 Å². The van der Waals surface area contributed by atoms with E-state index in [1.54, 1.807) is 6.07 Å². The van der Waals surface area contributed by atoms with Gasteiger partial charge in [-0.2, -0.15) is 0 Å². The summed E-state index contributed by atoms with van der Waals surface area (Å²) in [5.74, 6) is -0.190. The molecule has 0 radical (unpaired) electrons. The van der Waals surface area contributed by atoms with E-state index in [2.05, 4.69) is 10.3 Å². The Labute approximate surface area is 127 Å². The Morgan fingerprint density at radius 3 is 3.05 bits per heavy atom. The first-order chi connectivity index (χ1) is 10.2. The average molecular weight is 307 g/mol. The van der Waals surface area contributed by atoms with Gasteiger partial charge in [-0.3, -0.25) is 4.79 Å². The van der Waals surface area contributed by atoms with Gasteiger partial charge in [0.2, 0.25) is 0 Å². The zero-order chi connectivity index (χ0) is 14.7. The number of nitrogens with one attached hydrogen (secondary N) is 1. The molecule has 0 saturated carbocycles. The molecular weight excluding hydrogens is 292 g/mol. The van der Waals surface area contributed by atoms with Gasteiger partial charge in [0.15, 0.2) is 0 Å². The largest absolute Gasteiger partial charge is 0.376 e. The smallest absolute Gasteiger partial charge is 0.252 e. The maximum absolute atomic E-state index is 12.4. The molecule has 5 nitrogen and oxygen atoms in total. The Morgan fingerprint density at radius 2 is 2.24 bits per heavy atom. The summed E-state index contributed by atoms with van der Waals surface area (Å²) in [6, 6.07) is 8.99. The fourth-order valence-electron chi connectivity index (χ4n) is 2.29. The molecular formula is C15H15ClN2O3. The van der Waals surface area contributed by atoms with E-state index in [-0.39, 0.29) is 12.0 Å². The van der Waals surface area contributed by atoms with Gasteiger partial charge >= 0.3 is 0 Å². The first-order valence-electron chi connectivity index (χ1n) is 6.77. The lowest BCUT2D eigenvalue weighted by Crippen LogP contribution is -2.39. The normalized spacial score (nSPS) is 18.6. The van der Waals surface area contributed by atoms with Gasteiger partial charge in [0.1, 0.15) is 5.15 Å². The highest BCUT2D eigenvalue weighted by Gasteiger charge is 2.17. The van der Waals surface area contributed by atoms with E-state index in [9.17, 15) is 4.79 Å².